The van der Waals surface area contributed by atoms with Crippen LogP contribution in [0.1, 0.15) is 40.0 Å². The number of benzene rings is 1. The molecule has 5 heteroatoms. The molecule has 1 aliphatic heterocycles. The van der Waals surface area contributed by atoms with Crippen molar-refractivity contribution in [1.29, 1.82) is 0 Å². The van der Waals surface area contributed by atoms with E-state index in [9.17, 15) is 9.59 Å². The van der Waals surface area contributed by atoms with Crippen LogP contribution in [-0.4, -0.2) is 37.0 Å². The Morgan fingerprint density at radius 2 is 1.89 bits per heavy atom. The van der Waals surface area contributed by atoms with Crippen LogP contribution in [0.5, 0.6) is 0 Å². The summed E-state index contributed by atoms with van der Waals surface area (Å²) in [5.74, 6) is -0.388. The first kappa shape index (κ1) is 14.1. The molecule has 0 spiro atoms. The number of nitrogens with zero attached hydrogens (tertiary/aromatic N) is 1. The van der Waals surface area contributed by atoms with Gasteiger partial charge < -0.3 is 9.64 Å². The molecule has 0 unspecified atom stereocenters. The van der Waals surface area contributed by atoms with Crippen LogP contribution in [0.15, 0.2) is 22.7 Å². The molecular formula is C14H16BrNO3. The topological polar surface area (TPSA) is 46.6 Å². The van der Waals surface area contributed by atoms with Crippen LogP contribution in [-0.2, 0) is 4.74 Å². The van der Waals surface area contributed by atoms with E-state index in [4.69, 9.17) is 0 Å². The molecule has 19 heavy (non-hydrogen) atoms. The molecule has 1 heterocycles. The van der Waals surface area contributed by atoms with Crippen molar-refractivity contribution in [3.8, 4) is 0 Å². The second-order valence-electron chi connectivity index (χ2n) is 4.54. The number of likely N-dealkylation sites (tertiary alicyclic amines) is 1. The number of ether oxygens (including phenoxy) is 1. The standard InChI is InChI=1S/C14H16BrNO3/c1-19-14(18)11-6-5-10(9-12(11)15)13(17)16-7-3-2-4-8-16/h5-6,9H,2-4,7-8H2,1H3. The summed E-state index contributed by atoms with van der Waals surface area (Å²) in [4.78, 5) is 25.6. The van der Waals surface area contributed by atoms with Crippen molar-refractivity contribution >= 4 is 27.8 Å². The fraction of sp³-hybridized carbons (Fsp3) is 0.429. The van der Waals surface area contributed by atoms with Crippen molar-refractivity contribution in [2.75, 3.05) is 20.2 Å². The number of hydrogen-bond donors (Lipinski definition) is 0. The van der Waals surface area contributed by atoms with Gasteiger partial charge in [-0.3, -0.25) is 4.79 Å². The fourth-order valence-corrected chi connectivity index (χ4v) is 2.74. The number of amides is 1. The van der Waals surface area contributed by atoms with E-state index < -0.39 is 5.97 Å². The molecule has 0 N–H and O–H groups in total. The number of carbonyl (C=O) groups is 2. The molecule has 0 radical (unpaired) electrons. The van der Waals surface area contributed by atoms with Gasteiger partial charge >= 0.3 is 5.97 Å². The van der Waals surface area contributed by atoms with Gasteiger partial charge in [-0.05, 0) is 53.4 Å². The van der Waals surface area contributed by atoms with Gasteiger partial charge in [0.05, 0.1) is 12.7 Å². The van der Waals surface area contributed by atoms with E-state index in [1.165, 1.54) is 13.5 Å². The van der Waals surface area contributed by atoms with Gasteiger partial charge in [0.1, 0.15) is 0 Å². The van der Waals surface area contributed by atoms with E-state index in [1.807, 2.05) is 4.90 Å². The fourth-order valence-electron chi connectivity index (χ4n) is 2.20. The molecule has 1 saturated heterocycles. The number of halogens is 1. The summed E-state index contributed by atoms with van der Waals surface area (Å²) in [5, 5.41) is 0. The quantitative estimate of drug-likeness (QED) is 0.785. The molecule has 1 amide bonds. The Labute approximate surface area is 120 Å². The van der Waals surface area contributed by atoms with E-state index >= 15 is 0 Å². The van der Waals surface area contributed by atoms with E-state index in [1.54, 1.807) is 18.2 Å². The van der Waals surface area contributed by atoms with Gasteiger partial charge in [-0.2, -0.15) is 0 Å². The van der Waals surface area contributed by atoms with Crippen molar-refractivity contribution in [2.24, 2.45) is 0 Å². The Hall–Kier alpha value is -1.36. The van der Waals surface area contributed by atoms with Crippen LogP contribution < -0.4 is 0 Å². The smallest absolute Gasteiger partial charge is 0.339 e. The highest BCUT2D eigenvalue weighted by molar-refractivity contribution is 9.10. The van der Waals surface area contributed by atoms with Crippen LogP contribution >= 0.6 is 15.9 Å². The Balaban J connectivity index is 2.19. The van der Waals surface area contributed by atoms with Gasteiger partial charge in [0.2, 0.25) is 0 Å². The molecule has 1 fully saturated rings. The largest absolute Gasteiger partial charge is 0.465 e. The zero-order chi connectivity index (χ0) is 13.8. The molecule has 1 aliphatic rings. The van der Waals surface area contributed by atoms with Crippen LogP contribution in [0.3, 0.4) is 0 Å². The zero-order valence-corrected chi connectivity index (χ0v) is 12.4. The highest BCUT2D eigenvalue weighted by Crippen LogP contribution is 2.21. The highest BCUT2D eigenvalue weighted by atomic mass is 79.9. The molecule has 4 nitrogen and oxygen atoms in total. The number of methoxy groups -OCH3 is 1. The molecule has 0 aromatic heterocycles. The van der Waals surface area contributed by atoms with E-state index in [2.05, 4.69) is 20.7 Å². The maximum Gasteiger partial charge on any atom is 0.339 e. The normalized spacial score (nSPS) is 15.2. The summed E-state index contributed by atoms with van der Waals surface area (Å²) < 4.78 is 5.25. The van der Waals surface area contributed by atoms with Crippen molar-refractivity contribution in [1.82, 2.24) is 4.90 Å². The van der Waals surface area contributed by atoms with Crippen molar-refractivity contribution in [3.63, 3.8) is 0 Å². The van der Waals surface area contributed by atoms with Gasteiger partial charge in [0.15, 0.2) is 0 Å². The Morgan fingerprint density at radius 1 is 1.21 bits per heavy atom. The second kappa shape index (κ2) is 6.19. The first-order valence-corrected chi connectivity index (χ1v) is 7.10. The van der Waals surface area contributed by atoms with Gasteiger partial charge in [0.25, 0.3) is 5.91 Å². The number of esters is 1. The van der Waals surface area contributed by atoms with Crippen LogP contribution in [0.2, 0.25) is 0 Å². The minimum absolute atomic E-state index is 0.0248. The lowest BCUT2D eigenvalue weighted by molar-refractivity contribution is 0.0598. The molecule has 0 saturated carbocycles. The molecule has 0 atom stereocenters. The number of hydrogen-bond acceptors (Lipinski definition) is 3. The van der Waals surface area contributed by atoms with E-state index in [0.29, 0.717) is 15.6 Å². The van der Waals surface area contributed by atoms with Crippen LogP contribution in [0.4, 0.5) is 0 Å². The lowest BCUT2D eigenvalue weighted by atomic mass is 10.1. The monoisotopic (exact) mass is 325 g/mol. The molecular weight excluding hydrogens is 310 g/mol. The number of rotatable bonds is 2. The predicted molar refractivity (Wildman–Crippen MR) is 75.2 cm³/mol. The van der Waals surface area contributed by atoms with Crippen LogP contribution in [0.25, 0.3) is 0 Å². The first-order valence-electron chi connectivity index (χ1n) is 6.30. The third-order valence-corrected chi connectivity index (χ3v) is 3.92. The summed E-state index contributed by atoms with van der Waals surface area (Å²) >= 11 is 3.31. The Kier molecular flexibility index (Phi) is 4.58. The van der Waals surface area contributed by atoms with Crippen molar-refractivity contribution in [2.45, 2.75) is 19.3 Å². The molecule has 0 aliphatic carbocycles. The summed E-state index contributed by atoms with van der Waals surface area (Å²) in [7, 11) is 1.33. The third kappa shape index (κ3) is 3.15. The summed E-state index contributed by atoms with van der Waals surface area (Å²) in [6.45, 7) is 1.63. The van der Waals surface area contributed by atoms with Gasteiger partial charge in [0, 0.05) is 23.1 Å². The molecule has 2 rings (SSSR count). The second-order valence-corrected chi connectivity index (χ2v) is 5.39. The number of carbonyl (C=O) groups excluding carboxylic acids is 2. The highest BCUT2D eigenvalue weighted by Gasteiger charge is 2.20. The minimum Gasteiger partial charge on any atom is -0.465 e. The minimum atomic E-state index is -0.413. The summed E-state index contributed by atoms with van der Waals surface area (Å²) in [6.07, 6.45) is 3.31. The van der Waals surface area contributed by atoms with Crippen LogP contribution in [0, 0.1) is 0 Å². The molecule has 1 aromatic rings. The maximum absolute atomic E-state index is 12.3. The lowest BCUT2D eigenvalue weighted by Crippen LogP contribution is -2.35. The SMILES string of the molecule is COC(=O)c1ccc(C(=O)N2CCCCC2)cc1Br. The predicted octanol–water partition coefficient (Wildman–Crippen LogP) is 2.86. The zero-order valence-electron chi connectivity index (χ0n) is 10.8. The molecule has 0 bridgehead atoms. The van der Waals surface area contributed by atoms with E-state index in [-0.39, 0.29) is 5.91 Å². The van der Waals surface area contributed by atoms with Gasteiger partial charge in [-0.15, -0.1) is 0 Å². The van der Waals surface area contributed by atoms with Crippen molar-refractivity contribution < 1.29 is 14.3 Å². The molecule has 102 valence electrons. The maximum atomic E-state index is 12.3. The van der Waals surface area contributed by atoms with Gasteiger partial charge in [-0.1, -0.05) is 0 Å². The Morgan fingerprint density at radius 3 is 2.47 bits per heavy atom. The van der Waals surface area contributed by atoms with Crippen molar-refractivity contribution in [3.05, 3.63) is 33.8 Å². The van der Waals surface area contributed by atoms with E-state index in [0.717, 1.165) is 25.9 Å². The van der Waals surface area contributed by atoms with Gasteiger partial charge in [-0.25, -0.2) is 4.79 Å². The number of piperidine rings is 1. The Bertz CT molecular complexity index is 495. The average Bonchev–Trinajstić information content (AvgIpc) is 2.46. The summed E-state index contributed by atoms with van der Waals surface area (Å²) in [6, 6.07) is 4.98. The first-order chi connectivity index (χ1) is 9.13. The third-order valence-electron chi connectivity index (χ3n) is 3.26. The summed E-state index contributed by atoms with van der Waals surface area (Å²) in [5.41, 5.74) is 1.03. The average molecular weight is 326 g/mol. The molecule has 1 aromatic carbocycles. The lowest BCUT2D eigenvalue weighted by Gasteiger charge is -2.26.